The molecule has 0 bridgehead atoms. The topological polar surface area (TPSA) is 9.23 Å². The molecule has 0 unspecified atom stereocenters. The van der Waals surface area contributed by atoms with Crippen molar-refractivity contribution in [2.75, 3.05) is 0 Å². The summed E-state index contributed by atoms with van der Waals surface area (Å²) in [5.41, 5.74) is 2.95. The van der Waals surface area contributed by atoms with Crippen molar-refractivity contribution in [3.63, 3.8) is 0 Å². The molecule has 0 heterocycles. The van der Waals surface area contributed by atoms with Gasteiger partial charge in [-0.3, -0.25) is 0 Å². The summed E-state index contributed by atoms with van der Waals surface area (Å²) < 4.78 is 41.1. The lowest BCUT2D eigenvalue weighted by Crippen LogP contribution is -2.16. The summed E-state index contributed by atoms with van der Waals surface area (Å²) in [5, 5.41) is 0. The van der Waals surface area contributed by atoms with Gasteiger partial charge in [0.25, 0.3) is 0 Å². The molecule has 0 aliphatic rings. The SMILES string of the molecule is Cc1ccc(I)cc1-c1ccc(OC(F)(F)F)cc1. The molecular formula is C14H10F3IO. The van der Waals surface area contributed by atoms with Gasteiger partial charge in [-0.15, -0.1) is 13.2 Å². The average Bonchev–Trinajstić information content (AvgIpc) is 2.31. The molecule has 5 heteroatoms. The lowest BCUT2D eigenvalue weighted by molar-refractivity contribution is -0.274. The van der Waals surface area contributed by atoms with E-state index in [2.05, 4.69) is 27.3 Å². The van der Waals surface area contributed by atoms with Gasteiger partial charge in [0.2, 0.25) is 0 Å². The largest absolute Gasteiger partial charge is 0.573 e. The molecule has 0 atom stereocenters. The van der Waals surface area contributed by atoms with Gasteiger partial charge in [-0.1, -0.05) is 18.2 Å². The normalized spacial score (nSPS) is 11.4. The Morgan fingerprint density at radius 3 is 2.21 bits per heavy atom. The molecular weight excluding hydrogens is 368 g/mol. The number of halogens is 4. The van der Waals surface area contributed by atoms with Gasteiger partial charge in [0.15, 0.2) is 0 Å². The first kappa shape index (κ1) is 14.2. The van der Waals surface area contributed by atoms with E-state index in [-0.39, 0.29) is 5.75 Å². The van der Waals surface area contributed by atoms with Crippen LogP contribution in [0.5, 0.6) is 5.75 Å². The molecule has 0 aliphatic carbocycles. The van der Waals surface area contributed by atoms with Crippen LogP contribution < -0.4 is 4.74 Å². The molecule has 1 nitrogen and oxygen atoms in total. The summed E-state index contributed by atoms with van der Waals surface area (Å²) in [6, 6.07) is 11.9. The Kier molecular flexibility index (Phi) is 4.03. The number of aryl methyl sites for hydroxylation is 1. The first-order valence-electron chi connectivity index (χ1n) is 5.47. The zero-order chi connectivity index (χ0) is 14.0. The molecule has 0 aliphatic heterocycles. The average molecular weight is 378 g/mol. The number of hydrogen-bond donors (Lipinski definition) is 0. The van der Waals surface area contributed by atoms with E-state index in [1.54, 1.807) is 12.1 Å². The van der Waals surface area contributed by atoms with Crippen molar-refractivity contribution in [1.82, 2.24) is 0 Å². The van der Waals surface area contributed by atoms with Crippen molar-refractivity contribution < 1.29 is 17.9 Å². The molecule has 2 aromatic rings. The zero-order valence-corrected chi connectivity index (χ0v) is 12.1. The van der Waals surface area contributed by atoms with E-state index in [9.17, 15) is 13.2 Å². The molecule has 100 valence electrons. The highest BCUT2D eigenvalue weighted by Crippen LogP contribution is 2.29. The monoisotopic (exact) mass is 378 g/mol. The summed E-state index contributed by atoms with van der Waals surface area (Å²) in [6.45, 7) is 1.96. The minimum atomic E-state index is -4.65. The van der Waals surface area contributed by atoms with Crippen LogP contribution in [0.15, 0.2) is 42.5 Å². The predicted molar refractivity (Wildman–Crippen MR) is 76.0 cm³/mol. The van der Waals surface area contributed by atoms with Crippen LogP contribution in [-0.4, -0.2) is 6.36 Å². The van der Waals surface area contributed by atoms with E-state index in [0.717, 1.165) is 20.3 Å². The first-order valence-corrected chi connectivity index (χ1v) is 6.55. The molecule has 0 fully saturated rings. The lowest BCUT2D eigenvalue weighted by Gasteiger charge is -2.10. The van der Waals surface area contributed by atoms with Crippen molar-refractivity contribution >= 4 is 22.6 Å². The molecule has 0 saturated heterocycles. The molecule has 2 rings (SSSR count). The number of hydrogen-bond acceptors (Lipinski definition) is 1. The Bertz CT molecular complexity index is 576. The number of alkyl halides is 3. The van der Waals surface area contributed by atoms with Crippen molar-refractivity contribution in [2.45, 2.75) is 13.3 Å². The van der Waals surface area contributed by atoms with E-state index in [1.807, 2.05) is 25.1 Å². The second-order valence-electron chi connectivity index (χ2n) is 4.03. The second kappa shape index (κ2) is 5.40. The Morgan fingerprint density at radius 2 is 1.63 bits per heavy atom. The van der Waals surface area contributed by atoms with Crippen LogP contribution in [0.3, 0.4) is 0 Å². The molecule has 0 aromatic heterocycles. The van der Waals surface area contributed by atoms with Crippen LogP contribution in [0.25, 0.3) is 11.1 Å². The summed E-state index contributed by atoms with van der Waals surface area (Å²) in [7, 11) is 0. The van der Waals surface area contributed by atoms with Crippen LogP contribution in [0.1, 0.15) is 5.56 Å². The van der Waals surface area contributed by atoms with Crippen LogP contribution in [0.4, 0.5) is 13.2 Å². The van der Waals surface area contributed by atoms with Crippen molar-refractivity contribution in [2.24, 2.45) is 0 Å². The van der Waals surface area contributed by atoms with Gasteiger partial charge in [-0.25, -0.2) is 0 Å². The van der Waals surface area contributed by atoms with E-state index >= 15 is 0 Å². The number of rotatable bonds is 2. The maximum atomic E-state index is 12.1. The summed E-state index contributed by atoms with van der Waals surface area (Å²) in [4.78, 5) is 0. The van der Waals surface area contributed by atoms with Crippen LogP contribution in [0, 0.1) is 10.5 Å². The second-order valence-corrected chi connectivity index (χ2v) is 5.28. The van der Waals surface area contributed by atoms with Gasteiger partial charge in [0.05, 0.1) is 0 Å². The molecule has 0 radical (unpaired) electrons. The van der Waals surface area contributed by atoms with Crippen molar-refractivity contribution in [3.05, 3.63) is 51.6 Å². The minimum Gasteiger partial charge on any atom is -0.406 e. The van der Waals surface area contributed by atoms with Crippen LogP contribution >= 0.6 is 22.6 Å². The Labute approximate surface area is 122 Å². The van der Waals surface area contributed by atoms with E-state index in [4.69, 9.17) is 0 Å². The zero-order valence-electron chi connectivity index (χ0n) is 9.96. The summed E-state index contributed by atoms with van der Waals surface area (Å²) in [6.07, 6.45) is -4.65. The van der Waals surface area contributed by atoms with E-state index in [0.29, 0.717) is 0 Å². The van der Waals surface area contributed by atoms with Crippen molar-refractivity contribution in [1.29, 1.82) is 0 Å². The fourth-order valence-electron chi connectivity index (χ4n) is 1.74. The highest BCUT2D eigenvalue weighted by Gasteiger charge is 2.30. The predicted octanol–water partition coefficient (Wildman–Crippen LogP) is 5.17. The smallest absolute Gasteiger partial charge is 0.406 e. The number of benzene rings is 2. The lowest BCUT2D eigenvalue weighted by atomic mass is 10.0. The van der Waals surface area contributed by atoms with Gasteiger partial charge in [-0.05, 0) is 70.5 Å². The maximum absolute atomic E-state index is 12.1. The molecule has 19 heavy (non-hydrogen) atoms. The van der Waals surface area contributed by atoms with Crippen LogP contribution in [-0.2, 0) is 0 Å². The van der Waals surface area contributed by atoms with Gasteiger partial charge in [0.1, 0.15) is 5.75 Å². The minimum absolute atomic E-state index is 0.209. The van der Waals surface area contributed by atoms with Gasteiger partial charge in [-0.2, -0.15) is 0 Å². The third-order valence-electron chi connectivity index (χ3n) is 2.60. The molecule has 0 amide bonds. The van der Waals surface area contributed by atoms with E-state index < -0.39 is 6.36 Å². The quantitative estimate of drug-likeness (QED) is 0.656. The van der Waals surface area contributed by atoms with E-state index in [1.165, 1.54) is 12.1 Å². The highest BCUT2D eigenvalue weighted by atomic mass is 127. The Hall–Kier alpha value is -1.24. The van der Waals surface area contributed by atoms with Gasteiger partial charge >= 0.3 is 6.36 Å². The Morgan fingerprint density at radius 1 is 1.00 bits per heavy atom. The molecule has 0 spiro atoms. The maximum Gasteiger partial charge on any atom is 0.573 e. The molecule has 0 saturated carbocycles. The fraction of sp³-hybridized carbons (Fsp3) is 0.143. The third-order valence-corrected chi connectivity index (χ3v) is 3.27. The summed E-state index contributed by atoms with van der Waals surface area (Å²) >= 11 is 2.20. The molecule has 0 N–H and O–H groups in total. The summed E-state index contributed by atoms with van der Waals surface area (Å²) in [5.74, 6) is -0.209. The first-order chi connectivity index (χ1) is 8.85. The van der Waals surface area contributed by atoms with Crippen molar-refractivity contribution in [3.8, 4) is 16.9 Å². The molecule has 2 aromatic carbocycles. The standard InChI is InChI=1S/C14H10F3IO/c1-9-2-5-11(18)8-13(9)10-3-6-12(7-4-10)19-14(15,16)17/h2-8H,1H3. The number of ether oxygens (including phenoxy) is 1. The van der Waals surface area contributed by atoms with Crippen LogP contribution in [0.2, 0.25) is 0 Å². The van der Waals surface area contributed by atoms with Gasteiger partial charge in [0, 0.05) is 3.57 Å². The third kappa shape index (κ3) is 3.86. The highest BCUT2D eigenvalue weighted by molar-refractivity contribution is 14.1. The fourth-order valence-corrected chi connectivity index (χ4v) is 2.23. The van der Waals surface area contributed by atoms with Gasteiger partial charge < -0.3 is 4.74 Å². The Balaban J connectivity index is 2.30.